The van der Waals surface area contributed by atoms with E-state index >= 15 is 0 Å². The Hall–Kier alpha value is -2.75. The molecule has 3 aromatic rings. The molecule has 10 heteroatoms. The van der Waals surface area contributed by atoms with Gasteiger partial charge in [0.25, 0.3) is 0 Å². The third kappa shape index (κ3) is 4.35. The van der Waals surface area contributed by atoms with Crippen LogP contribution in [0.3, 0.4) is 0 Å². The number of hydrazine groups is 1. The molecule has 0 spiro atoms. The number of fused-ring (bicyclic) bond motifs is 2. The van der Waals surface area contributed by atoms with Crippen molar-refractivity contribution in [3.63, 3.8) is 0 Å². The maximum absolute atomic E-state index is 12.9. The summed E-state index contributed by atoms with van der Waals surface area (Å²) in [6.07, 6.45) is 2.92. The van der Waals surface area contributed by atoms with Gasteiger partial charge in [0.05, 0.1) is 22.9 Å². The SMILES string of the molecule is Cc1cn2c(n1)CN(N1CCC(C(=O)CCS(=O)(=O)c3ccc4cc(Cl)ccc4c3)CC1)C2=O. The predicted molar refractivity (Wildman–Crippen MR) is 128 cm³/mol. The zero-order chi connectivity index (χ0) is 24.0. The van der Waals surface area contributed by atoms with Gasteiger partial charge in [0.15, 0.2) is 9.84 Å². The standard InChI is InChI=1S/C24H25ClN4O4S/c1-16-14-28-23(26-16)15-29(24(28)31)27-9-6-17(7-10-27)22(30)8-11-34(32,33)21-5-3-18-12-20(25)4-2-19(18)13-21/h2-5,12-14,17H,6-11,15H2,1H3. The first-order chi connectivity index (χ1) is 16.2. The van der Waals surface area contributed by atoms with Gasteiger partial charge in [-0.1, -0.05) is 23.7 Å². The van der Waals surface area contributed by atoms with E-state index in [2.05, 4.69) is 4.98 Å². The van der Waals surface area contributed by atoms with Crippen molar-refractivity contribution >= 4 is 44.0 Å². The molecule has 2 aromatic carbocycles. The molecule has 8 nitrogen and oxygen atoms in total. The fraction of sp³-hybridized carbons (Fsp3) is 0.375. The van der Waals surface area contributed by atoms with Gasteiger partial charge in [-0.2, -0.15) is 0 Å². The van der Waals surface area contributed by atoms with E-state index in [1.165, 1.54) is 0 Å². The Kier molecular flexibility index (Phi) is 5.95. The highest BCUT2D eigenvalue weighted by atomic mass is 35.5. The molecule has 0 radical (unpaired) electrons. The van der Waals surface area contributed by atoms with Crippen molar-refractivity contribution in [3.05, 3.63) is 59.1 Å². The first-order valence-corrected chi connectivity index (χ1v) is 13.3. The molecule has 34 heavy (non-hydrogen) atoms. The van der Waals surface area contributed by atoms with Crippen molar-refractivity contribution in [2.45, 2.75) is 37.6 Å². The topological polar surface area (TPSA) is 92.6 Å². The zero-order valence-electron chi connectivity index (χ0n) is 18.8. The molecule has 3 heterocycles. The van der Waals surface area contributed by atoms with Crippen molar-refractivity contribution in [2.75, 3.05) is 18.8 Å². The van der Waals surface area contributed by atoms with E-state index in [1.807, 2.05) is 11.9 Å². The summed E-state index contributed by atoms with van der Waals surface area (Å²) in [4.78, 5) is 30.0. The normalized spacial score (nSPS) is 17.5. The quantitative estimate of drug-likeness (QED) is 0.510. The molecule has 5 rings (SSSR count). The molecule has 0 aliphatic carbocycles. The lowest BCUT2D eigenvalue weighted by Gasteiger charge is -2.36. The molecule has 0 atom stereocenters. The lowest BCUT2D eigenvalue weighted by Crippen LogP contribution is -2.48. The number of ketones is 1. The van der Waals surface area contributed by atoms with E-state index in [1.54, 1.807) is 52.2 Å². The fourth-order valence-corrected chi connectivity index (χ4v) is 6.21. The van der Waals surface area contributed by atoms with Crippen LogP contribution >= 0.6 is 11.6 Å². The Morgan fingerprint density at radius 1 is 1.12 bits per heavy atom. The van der Waals surface area contributed by atoms with E-state index < -0.39 is 9.84 Å². The molecule has 2 aliphatic heterocycles. The second kappa shape index (κ2) is 8.79. The number of rotatable bonds is 6. The fourth-order valence-electron chi connectivity index (χ4n) is 4.75. The van der Waals surface area contributed by atoms with Crippen LogP contribution in [0.5, 0.6) is 0 Å². The summed E-state index contributed by atoms with van der Waals surface area (Å²) in [5.74, 6) is 0.285. The molecule has 0 unspecified atom stereocenters. The predicted octanol–water partition coefficient (Wildman–Crippen LogP) is 3.84. The Morgan fingerprint density at radius 3 is 2.56 bits per heavy atom. The molecule has 1 aromatic heterocycles. The molecule has 0 N–H and O–H groups in total. The van der Waals surface area contributed by atoms with Crippen molar-refractivity contribution in [1.82, 2.24) is 19.6 Å². The summed E-state index contributed by atoms with van der Waals surface area (Å²) < 4.78 is 27.3. The number of amides is 1. The molecule has 1 fully saturated rings. The Balaban J connectivity index is 1.16. The second-order valence-corrected chi connectivity index (χ2v) is 11.5. The lowest BCUT2D eigenvalue weighted by atomic mass is 9.92. The number of hydrogen-bond donors (Lipinski definition) is 0. The molecule has 2 aliphatic rings. The Bertz CT molecular complexity index is 1390. The maximum atomic E-state index is 12.9. The first-order valence-electron chi connectivity index (χ1n) is 11.3. The minimum absolute atomic E-state index is 0.0110. The van der Waals surface area contributed by atoms with Crippen LogP contribution in [0, 0.1) is 12.8 Å². The van der Waals surface area contributed by atoms with E-state index in [4.69, 9.17) is 11.6 Å². The van der Waals surface area contributed by atoms with Crippen LogP contribution in [0.1, 0.15) is 30.8 Å². The van der Waals surface area contributed by atoms with Gasteiger partial charge in [-0.15, -0.1) is 0 Å². The van der Waals surface area contributed by atoms with Crippen LogP contribution in [0.4, 0.5) is 4.79 Å². The molecular weight excluding hydrogens is 476 g/mol. The molecule has 1 saturated heterocycles. The lowest BCUT2D eigenvalue weighted by molar-refractivity contribution is -0.125. The van der Waals surface area contributed by atoms with Crippen LogP contribution in [-0.4, -0.2) is 58.6 Å². The van der Waals surface area contributed by atoms with Crippen molar-refractivity contribution in [2.24, 2.45) is 5.92 Å². The van der Waals surface area contributed by atoms with Crippen LogP contribution in [0.2, 0.25) is 5.02 Å². The summed E-state index contributed by atoms with van der Waals surface area (Å²) >= 11 is 6.00. The highest BCUT2D eigenvalue weighted by molar-refractivity contribution is 7.91. The summed E-state index contributed by atoms with van der Waals surface area (Å²) in [5.41, 5.74) is 0.815. The van der Waals surface area contributed by atoms with Gasteiger partial charge in [-0.25, -0.2) is 28.2 Å². The molecule has 178 valence electrons. The number of Topliss-reactive ketones (excluding diaryl/α,β-unsaturated/α-hetero) is 1. The van der Waals surface area contributed by atoms with Gasteiger partial charge in [-0.05, 0) is 54.8 Å². The largest absolute Gasteiger partial charge is 0.344 e. The minimum Gasteiger partial charge on any atom is -0.299 e. The van der Waals surface area contributed by atoms with Gasteiger partial charge in [0, 0.05) is 36.6 Å². The van der Waals surface area contributed by atoms with Gasteiger partial charge in [0.1, 0.15) is 11.6 Å². The minimum atomic E-state index is -3.58. The number of carbonyl (C=O) groups is 2. The number of halogens is 1. The number of imidazole rings is 1. The number of aromatic nitrogens is 2. The van der Waals surface area contributed by atoms with E-state index in [0.717, 1.165) is 22.3 Å². The van der Waals surface area contributed by atoms with Gasteiger partial charge in [-0.3, -0.25) is 9.36 Å². The molecule has 0 bridgehead atoms. The third-order valence-electron chi connectivity index (χ3n) is 6.64. The van der Waals surface area contributed by atoms with E-state index in [9.17, 15) is 18.0 Å². The van der Waals surface area contributed by atoms with Gasteiger partial charge < -0.3 is 0 Å². The highest BCUT2D eigenvalue weighted by Crippen LogP contribution is 2.27. The number of sulfone groups is 1. The third-order valence-corrected chi connectivity index (χ3v) is 8.58. The smallest absolute Gasteiger partial charge is 0.299 e. The number of benzene rings is 2. The van der Waals surface area contributed by atoms with Crippen LogP contribution in [0.25, 0.3) is 10.8 Å². The summed E-state index contributed by atoms with van der Waals surface area (Å²) in [6, 6.07) is 10.1. The monoisotopic (exact) mass is 500 g/mol. The second-order valence-electron chi connectivity index (χ2n) is 8.93. The van der Waals surface area contributed by atoms with Gasteiger partial charge >= 0.3 is 6.03 Å². The summed E-state index contributed by atoms with van der Waals surface area (Å²) in [5, 5.41) is 5.89. The van der Waals surface area contributed by atoms with Crippen LogP contribution in [-0.2, 0) is 21.2 Å². The highest BCUT2D eigenvalue weighted by Gasteiger charge is 2.36. The number of hydrogen-bond acceptors (Lipinski definition) is 6. The van der Waals surface area contributed by atoms with Crippen LogP contribution < -0.4 is 0 Å². The molecular formula is C24H25ClN4O4S. The maximum Gasteiger partial charge on any atom is 0.344 e. The molecule has 0 saturated carbocycles. The average Bonchev–Trinajstić information content (AvgIpc) is 3.34. The summed E-state index contributed by atoms with van der Waals surface area (Å²) in [7, 11) is -3.58. The molecule has 1 amide bonds. The Labute approximate surface area is 203 Å². The number of nitrogens with zero attached hydrogens (tertiary/aromatic N) is 4. The number of aryl methyl sites for hydroxylation is 1. The summed E-state index contributed by atoms with van der Waals surface area (Å²) in [6.45, 7) is 3.44. The number of piperidine rings is 1. The van der Waals surface area contributed by atoms with E-state index in [0.29, 0.717) is 37.5 Å². The Morgan fingerprint density at radius 2 is 1.82 bits per heavy atom. The number of carbonyl (C=O) groups excluding carboxylic acids is 2. The van der Waals surface area contributed by atoms with Crippen molar-refractivity contribution in [3.8, 4) is 0 Å². The van der Waals surface area contributed by atoms with Crippen LogP contribution in [0.15, 0.2) is 47.5 Å². The van der Waals surface area contributed by atoms with Crippen molar-refractivity contribution in [1.29, 1.82) is 0 Å². The van der Waals surface area contributed by atoms with Gasteiger partial charge in [0.2, 0.25) is 0 Å². The average molecular weight is 501 g/mol. The first kappa shape index (κ1) is 23.0. The van der Waals surface area contributed by atoms with Crippen molar-refractivity contribution < 1.29 is 18.0 Å². The van der Waals surface area contributed by atoms with E-state index in [-0.39, 0.29) is 34.8 Å². The zero-order valence-corrected chi connectivity index (χ0v) is 20.3.